The molecule has 0 aliphatic rings. The molecule has 0 unspecified atom stereocenters. The molecule has 39 heavy (non-hydrogen) atoms. The minimum atomic E-state index is -4.59. The number of halogens is 3. The maximum Gasteiger partial charge on any atom is 0.416 e. The van der Waals surface area contributed by atoms with Crippen LogP contribution in [0.3, 0.4) is 0 Å². The lowest BCUT2D eigenvalue weighted by atomic mass is 9.93. The van der Waals surface area contributed by atoms with Gasteiger partial charge in [0.15, 0.2) is 0 Å². The van der Waals surface area contributed by atoms with E-state index in [0.717, 1.165) is 17.7 Å². The summed E-state index contributed by atoms with van der Waals surface area (Å²) in [5, 5.41) is 2.65. The number of alkyl halides is 3. The molecular weight excluding hydrogens is 509 g/mol. The molecule has 0 aliphatic carbocycles. The highest BCUT2D eigenvalue weighted by Gasteiger charge is 2.32. The van der Waals surface area contributed by atoms with Crippen molar-refractivity contribution in [3.8, 4) is 28.0 Å². The summed E-state index contributed by atoms with van der Waals surface area (Å²) in [7, 11) is 0. The number of pyridine rings is 1. The van der Waals surface area contributed by atoms with E-state index in [4.69, 9.17) is 9.47 Å². The number of hydrogen-bond acceptors (Lipinski definition) is 5. The topological polar surface area (TPSA) is 77.5 Å². The van der Waals surface area contributed by atoms with E-state index < -0.39 is 17.7 Å². The van der Waals surface area contributed by atoms with Gasteiger partial charge in [-0.1, -0.05) is 30.3 Å². The van der Waals surface area contributed by atoms with E-state index in [9.17, 15) is 22.8 Å². The number of nitrogens with one attached hydrogen (secondary N) is 1. The van der Waals surface area contributed by atoms with Crippen LogP contribution in [0.1, 0.15) is 35.3 Å². The van der Waals surface area contributed by atoms with Crippen molar-refractivity contribution in [2.45, 2.75) is 26.6 Å². The third-order valence-electron chi connectivity index (χ3n) is 5.73. The molecule has 0 atom stereocenters. The summed E-state index contributed by atoms with van der Waals surface area (Å²) in [5.74, 6) is -0.733. The molecule has 1 amide bonds. The summed E-state index contributed by atoms with van der Waals surface area (Å²) >= 11 is 0. The van der Waals surface area contributed by atoms with Crippen molar-refractivity contribution in [2.75, 3.05) is 11.9 Å². The van der Waals surface area contributed by atoms with E-state index >= 15 is 0 Å². The van der Waals surface area contributed by atoms with Crippen LogP contribution >= 0.6 is 0 Å². The minimum Gasteiger partial charge on any atom is -0.488 e. The zero-order valence-electron chi connectivity index (χ0n) is 21.2. The number of carbonyl (C=O) groups is 2. The summed E-state index contributed by atoms with van der Waals surface area (Å²) in [6, 6.07) is 18.8. The average molecular weight is 535 g/mol. The molecule has 6 nitrogen and oxygen atoms in total. The first-order valence-electron chi connectivity index (χ1n) is 12.1. The Bertz CT molecular complexity index is 1490. The van der Waals surface area contributed by atoms with Crippen LogP contribution in [0.15, 0.2) is 85.2 Å². The monoisotopic (exact) mass is 534 g/mol. The lowest BCUT2D eigenvalue weighted by molar-refractivity contribution is -0.137. The van der Waals surface area contributed by atoms with Crippen LogP contribution in [-0.2, 0) is 22.3 Å². The van der Waals surface area contributed by atoms with Crippen molar-refractivity contribution < 1.29 is 32.2 Å². The van der Waals surface area contributed by atoms with Gasteiger partial charge in [-0.15, -0.1) is 0 Å². The van der Waals surface area contributed by atoms with E-state index in [1.807, 2.05) is 30.3 Å². The van der Waals surface area contributed by atoms with Gasteiger partial charge in [-0.3, -0.25) is 9.78 Å². The molecule has 0 fully saturated rings. The summed E-state index contributed by atoms with van der Waals surface area (Å²) < 4.78 is 52.3. The predicted octanol–water partition coefficient (Wildman–Crippen LogP) is 7.15. The largest absolute Gasteiger partial charge is 0.488 e. The maximum absolute atomic E-state index is 13.7. The van der Waals surface area contributed by atoms with Gasteiger partial charge in [0, 0.05) is 36.1 Å². The van der Waals surface area contributed by atoms with Gasteiger partial charge in [-0.25, -0.2) is 4.79 Å². The maximum atomic E-state index is 13.7. The molecule has 0 saturated heterocycles. The molecule has 0 radical (unpaired) electrons. The van der Waals surface area contributed by atoms with Crippen molar-refractivity contribution in [2.24, 2.45) is 0 Å². The minimum absolute atomic E-state index is 0.139. The number of aromatic nitrogens is 1. The van der Waals surface area contributed by atoms with Crippen molar-refractivity contribution in [3.63, 3.8) is 0 Å². The van der Waals surface area contributed by atoms with Crippen LogP contribution in [0.25, 0.3) is 22.3 Å². The van der Waals surface area contributed by atoms with Crippen LogP contribution in [0.4, 0.5) is 18.9 Å². The normalized spacial score (nSPS) is 11.1. The van der Waals surface area contributed by atoms with Gasteiger partial charge in [-0.05, 0) is 66.1 Å². The summed E-state index contributed by atoms with van der Waals surface area (Å²) in [4.78, 5) is 28.5. The number of ether oxygens (including phenoxy) is 2. The Balaban J connectivity index is 1.87. The number of anilines is 1. The van der Waals surface area contributed by atoms with E-state index in [1.165, 1.54) is 31.5 Å². The Morgan fingerprint density at radius 3 is 2.38 bits per heavy atom. The van der Waals surface area contributed by atoms with Gasteiger partial charge in [0.05, 0.1) is 17.7 Å². The van der Waals surface area contributed by atoms with Crippen LogP contribution in [-0.4, -0.2) is 23.5 Å². The molecule has 1 N–H and O–H groups in total. The first-order valence-corrected chi connectivity index (χ1v) is 12.1. The fourth-order valence-electron chi connectivity index (χ4n) is 4.03. The zero-order valence-corrected chi connectivity index (χ0v) is 21.2. The second kappa shape index (κ2) is 11.8. The number of esters is 1. The standard InChI is InChI=1S/C30H25F3N2O4/c1-3-38-29(37)22-13-21(14-24(15-22)35-19(2)36)25-11-12-34-17-27(25)26-16-23(30(31,32)33)9-10-28(26)39-18-20-7-5-4-6-8-20/h4-17H,3,18H2,1-2H3,(H,35,36). The Labute approximate surface area is 223 Å². The van der Waals surface area contributed by atoms with Gasteiger partial charge in [-0.2, -0.15) is 13.2 Å². The average Bonchev–Trinajstić information content (AvgIpc) is 2.91. The second-order valence-electron chi connectivity index (χ2n) is 8.60. The number of carbonyl (C=O) groups excluding carboxylic acids is 2. The molecule has 0 spiro atoms. The van der Waals surface area contributed by atoms with E-state index in [1.54, 1.807) is 25.1 Å². The van der Waals surface area contributed by atoms with Crippen LogP contribution < -0.4 is 10.1 Å². The molecule has 0 saturated carbocycles. The number of benzene rings is 3. The molecular formula is C30H25F3N2O4. The van der Waals surface area contributed by atoms with Gasteiger partial charge >= 0.3 is 12.1 Å². The third kappa shape index (κ3) is 6.81. The Morgan fingerprint density at radius 1 is 0.923 bits per heavy atom. The molecule has 1 aromatic heterocycles. The first-order chi connectivity index (χ1) is 18.7. The lowest BCUT2D eigenvalue weighted by Gasteiger charge is -2.18. The van der Waals surface area contributed by atoms with Crippen molar-refractivity contribution in [1.82, 2.24) is 4.98 Å². The lowest BCUT2D eigenvalue weighted by Crippen LogP contribution is -2.09. The molecule has 200 valence electrons. The van der Waals surface area contributed by atoms with Gasteiger partial charge < -0.3 is 14.8 Å². The fourth-order valence-corrected chi connectivity index (χ4v) is 4.03. The smallest absolute Gasteiger partial charge is 0.416 e. The zero-order chi connectivity index (χ0) is 28.0. The molecule has 0 aliphatic heterocycles. The van der Waals surface area contributed by atoms with Crippen LogP contribution in [0.5, 0.6) is 5.75 Å². The second-order valence-corrected chi connectivity index (χ2v) is 8.60. The highest BCUT2D eigenvalue weighted by molar-refractivity contribution is 5.97. The van der Waals surface area contributed by atoms with E-state index in [0.29, 0.717) is 22.4 Å². The predicted molar refractivity (Wildman–Crippen MR) is 141 cm³/mol. The van der Waals surface area contributed by atoms with Crippen molar-refractivity contribution in [1.29, 1.82) is 0 Å². The highest BCUT2D eigenvalue weighted by Crippen LogP contribution is 2.41. The summed E-state index contributed by atoms with van der Waals surface area (Å²) in [5.41, 5.74) is 1.96. The van der Waals surface area contributed by atoms with E-state index in [-0.39, 0.29) is 36.0 Å². The third-order valence-corrected chi connectivity index (χ3v) is 5.73. The Hall–Kier alpha value is -4.66. The number of rotatable bonds is 8. The van der Waals surface area contributed by atoms with Gasteiger partial charge in [0.1, 0.15) is 12.4 Å². The van der Waals surface area contributed by atoms with Crippen LogP contribution in [0.2, 0.25) is 0 Å². The van der Waals surface area contributed by atoms with E-state index in [2.05, 4.69) is 10.3 Å². The molecule has 4 aromatic rings. The SMILES string of the molecule is CCOC(=O)c1cc(NC(C)=O)cc(-c2ccncc2-c2cc(C(F)(F)F)ccc2OCc2ccccc2)c1. The van der Waals surface area contributed by atoms with Gasteiger partial charge in [0.25, 0.3) is 0 Å². The molecule has 1 heterocycles. The Morgan fingerprint density at radius 2 is 1.69 bits per heavy atom. The number of hydrogen-bond donors (Lipinski definition) is 1. The summed E-state index contributed by atoms with van der Waals surface area (Å²) in [6.45, 7) is 3.28. The quantitative estimate of drug-likeness (QED) is 0.243. The first kappa shape index (κ1) is 27.4. The highest BCUT2D eigenvalue weighted by atomic mass is 19.4. The van der Waals surface area contributed by atoms with Crippen LogP contribution in [0, 0.1) is 0 Å². The molecule has 0 bridgehead atoms. The molecule has 4 rings (SSSR count). The van der Waals surface area contributed by atoms with Crippen molar-refractivity contribution >= 4 is 17.6 Å². The molecule has 3 aromatic carbocycles. The van der Waals surface area contributed by atoms with Crippen molar-refractivity contribution in [3.05, 3.63) is 102 Å². The fraction of sp³-hybridized carbons (Fsp3) is 0.167. The van der Waals surface area contributed by atoms with Gasteiger partial charge in [0.2, 0.25) is 5.91 Å². The Kier molecular flexibility index (Phi) is 8.29. The molecule has 9 heteroatoms. The number of nitrogens with zero attached hydrogens (tertiary/aromatic N) is 1. The summed E-state index contributed by atoms with van der Waals surface area (Å²) in [6.07, 6.45) is -1.65. The number of amides is 1.